The number of hydrogen-bond donors (Lipinski definition) is 0. The Balaban J connectivity index is 1.99. The normalized spacial score (nSPS) is 11.9. The van der Waals surface area contributed by atoms with Gasteiger partial charge in [0, 0.05) is 10.8 Å². The van der Waals surface area contributed by atoms with E-state index in [0.717, 1.165) is 10.7 Å². The van der Waals surface area contributed by atoms with E-state index in [9.17, 15) is 9.59 Å². The molecular weight excluding hydrogens is 370 g/mol. The summed E-state index contributed by atoms with van der Waals surface area (Å²) in [5.41, 5.74) is 1.28. The highest BCUT2D eigenvalue weighted by atomic mass is 32.1. The standard InChI is InChI=1S/C18H21N3O3S2/c1-6-24-16(23)13-10(2)12-14(26-13)19-9-21(15(12)22)7-11-8-25-17(20-11)18(3,4)5/h8-9H,6-7H2,1-5H3. The van der Waals surface area contributed by atoms with E-state index in [2.05, 4.69) is 30.7 Å². The van der Waals surface area contributed by atoms with Crippen LogP contribution in [0.4, 0.5) is 0 Å². The first-order chi connectivity index (χ1) is 12.2. The molecule has 0 saturated carbocycles. The average molecular weight is 392 g/mol. The summed E-state index contributed by atoms with van der Waals surface area (Å²) in [6, 6.07) is 0. The average Bonchev–Trinajstić information content (AvgIpc) is 3.15. The van der Waals surface area contributed by atoms with Gasteiger partial charge in [0.05, 0.1) is 35.6 Å². The van der Waals surface area contributed by atoms with Gasteiger partial charge in [0.25, 0.3) is 5.56 Å². The van der Waals surface area contributed by atoms with Crippen molar-refractivity contribution in [3.63, 3.8) is 0 Å². The number of aryl methyl sites for hydroxylation is 1. The molecule has 0 N–H and O–H groups in total. The van der Waals surface area contributed by atoms with Crippen LogP contribution in [0.1, 0.15) is 53.6 Å². The zero-order valence-electron chi connectivity index (χ0n) is 15.5. The zero-order chi connectivity index (χ0) is 19.1. The van der Waals surface area contributed by atoms with Gasteiger partial charge in [-0.1, -0.05) is 20.8 Å². The first kappa shape index (κ1) is 18.7. The van der Waals surface area contributed by atoms with E-state index in [1.165, 1.54) is 17.7 Å². The van der Waals surface area contributed by atoms with Crippen molar-refractivity contribution in [1.29, 1.82) is 0 Å². The predicted octanol–water partition coefficient (Wildman–Crippen LogP) is 3.75. The smallest absolute Gasteiger partial charge is 0.348 e. The topological polar surface area (TPSA) is 74.1 Å². The molecule has 3 rings (SSSR count). The van der Waals surface area contributed by atoms with Gasteiger partial charge < -0.3 is 4.74 Å². The van der Waals surface area contributed by atoms with Crippen molar-refractivity contribution >= 4 is 38.9 Å². The number of fused-ring (bicyclic) bond motifs is 1. The molecule has 0 fully saturated rings. The Bertz CT molecular complexity index is 1020. The second kappa shape index (κ2) is 6.92. The van der Waals surface area contributed by atoms with Gasteiger partial charge in [0.1, 0.15) is 9.71 Å². The number of thiophene rings is 1. The van der Waals surface area contributed by atoms with Crippen LogP contribution >= 0.6 is 22.7 Å². The highest BCUT2D eigenvalue weighted by Gasteiger charge is 2.21. The molecule has 26 heavy (non-hydrogen) atoms. The molecule has 0 aromatic carbocycles. The highest BCUT2D eigenvalue weighted by Crippen LogP contribution is 2.28. The van der Waals surface area contributed by atoms with Crippen LogP contribution in [-0.2, 0) is 16.7 Å². The van der Waals surface area contributed by atoms with Crippen molar-refractivity contribution in [3.8, 4) is 0 Å². The molecule has 0 unspecified atom stereocenters. The Hall–Kier alpha value is -2.06. The second-order valence-corrected chi connectivity index (χ2v) is 8.89. The van der Waals surface area contributed by atoms with Crippen LogP contribution in [0.25, 0.3) is 10.2 Å². The van der Waals surface area contributed by atoms with Gasteiger partial charge in [-0.05, 0) is 19.4 Å². The minimum atomic E-state index is -0.409. The molecule has 0 aliphatic heterocycles. The third kappa shape index (κ3) is 3.43. The van der Waals surface area contributed by atoms with Crippen LogP contribution < -0.4 is 5.56 Å². The molecule has 3 aromatic rings. The fraction of sp³-hybridized carbons (Fsp3) is 0.444. The molecule has 3 heterocycles. The van der Waals surface area contributed by atoms with Crippen LogP contribution in [-0.4, -0.2) is 27.1 Å². The summed E-state index contributed by atoms with van der Waals surface area (Å²) in [6.45, 7) is 10.5. The minimum absolute atomic E-state index is 0.0193. The fourth-order valence-corrected chi connectivity index (χ4v) is 4.49. The van der Waals surface area contributed by atoms with Crippen molar-refractivity contribution in [3.05, 3.63) is 43.2 Å². The summed E-state index contributed by atoms with van der Waals surface area (Å²) in [5, 5.41) is 3.49. The van der Waals surface area contributed by atoms with E-state index in [1.54, 1.807) is 29.8 Å². The molecule has 0 radical (unpaired) electrons. The highest BCUT2D eigenvalue weighted by molar-refractivity contribution is 7.20. The molecule has 138 valence electrons. The summed E-state index contributed by atoms with van der Waals surface area (Å²) >= 11 is 2.79. The van der Waals surface area contributed by atoms with Gasteiger partial charge in [0.15, 0.2) is 0 Å². The van der Waals surface area contributed by atoms with Gasteiger partial charge in [-0.15, -0.1) is 22.7 Å². The molecule has 0 aliphatic rings. The Morgan fingerprint density at radius 1 is 1.35 bits per heavy atom. The summed E-state index contributed by atoms with van der Waals surface area (Å²) in [6.07, 6.45) is 1.52. The summed E-state index contributed by atoms with van der Waals surface area (Å²) in [5.74, 6) is -0.409. The van der Waals surface area contributed by atoms with Gasteiger partial charge in [-0.3, -0.25) is 9.36 Å². The molecule has 0 spiro atoms. The number of nitrogens with zero attached hydrogens (tertiary/aromatic N) is 3. The van der Waals surface area contributed by atoms with Crippen LogP contribution in [0, 0.1) is 6.92 Å². The van der Waals surface area contributed by atoms with Crippen LogP contribution in [0.3, 0.4) is 0 Å². The Labute approximate surface area is 159 Å². The maximum Gasteiger partial charge on any atom is 0.348 e. The van der Waals surface area contributed by atoms with Crippen molar-refractivity contribution < 1.29 is 9.53 Å². The Morgan fingerprint density at radius 2 is 2.08 bits per heavy atom. The molecule has 0 bridgehead atoms. The first-order valence-electron chi connectivity index (χ1n) is 8.33. The maximum atomic E-state index is 12.9. The van der Waals surface area contributed by atoms with Gasteiger partial charge >= 0.3 is 5.97 Å². The lowest BCUT2D eigenvalue weighted by molar-refractivity contribution is 0.0531. The summed E-state index contributed by atoms with van der Waals surface area (Å²) in [7, 11) is 0. The Kier molecular flexibility index (Phi) is 4.98. The number of rotatable bonds is 4. The van der Waals surface area contributed by atoms with Crippen LogP contribution in [0.5, 0.6) is 0 Å². The van der Waals surface area contributed by atoms with Crippen molar-refractivity contribution in [2.45, 2.75) is 46.6 Å². The monoisotopic (exact) mass is 391 g/mol. The lowest BCUT2D eigenvalue weighted by Gasteiger charge is -2.13. The summed E-state index contributed by atoms with van der Waals surface area (Å²) < 4.78 is 6.61. The van der Waals surface area contributed by atoms with Crippen molar-refractivity contribution in [2.75, 3.05) is 6.61 Å². The fourth-order valence-electron chi connectivity index (χ4n) is 2.56. The quantitative estimate of drug-likeness (QED) is 0.633. The molecule has 0 atom stereocenters. The number of hydrogen-bond acceptors (Lipinski definition) is 7. The van der Waals surface area contributed by atoms with Crippen LogP contribution in [0.2, 0.25) is 0 Å². The number of thiazole rings is 1. The number of aromatic nitrogens is 3. The lowest BCUT2D eigenvalue weighted by atomic mass is 9.98. The number of carbonyl (C=O) groups excluding carboxylic acids is 1. The number of esters is 1. The molecule has 8 heteroatoms. The SMILES string of the molecule is CCOC(=O)c1sc2ncn(Cc3csc(C(C)(C)C)n3)c(=O)c2c1C. The number of carbonyl (C=O) groups is 1. The molecule has 0 saturated heterocycles. The largest absolute Gasteiger partial charge is 0.462 e. The third-order valence-electron chi connectivity index (χ3n) is 3.90. The van der Waals surface area contributed by atoms with Gasteiger partial charge in [0.2, 0.25) is 0 Å². The van der Waals surface area contributed by atoms with Crippen molar-refractivity contribution in [2.24, 2.45) is 0 Å². The van der Waals surface area contributed by atoms with E-state index < -0.39 is 5.97 Å². The molecular formula is C18H21N3O3S2. The van der Waals surface area contributed by atoms with E-state index in [0.29, 0.717) is 33.8 Å². The van der Waals surface area contributed by atoms with Crippen LogP contribution in [0.15, 0.2) is 16.5 Å². The first-order valence-corrected chi connectivity index (χ1v) is 10.0. The molecule has 6 nitrogen and oxygen atoms in total. The predicted molar refractivity (Wildman–Crippen MR) is 104 cm³/mol. The van der Waals surface area contributed by atoms with Crippen molar-refractivity contribution in [1.82, 2.24) is 14.5 Å². The third-order valence-corrected chi connectivity index (χ3v) is 6.40. The maximum absolute atomic E-state index is 12.9. The van der Waals surface area contributed by atoms with Gasteiger partial charge in [-0.2, -0.15) is 0 Å². The van der Waals surface area contributed by atoms with E-state index >= 15 is 0 Å². The van der Waals surface area contributed by atoms with E-state index in [4.69, 9.17) is 4.74 Å². The summed E-state index contributed by atoms with van der Waals surface area (Å²) in [4.78, 5) is 35.0. The Morgan fingerprint density at radius 3 is 2.69 bits per heavy atom. The van der Waals surface area contributed by atoms with E-state index in [-0.39, 0.29) is 11.0 Å². The molecule has 0 amide bonds. The molecule has 0 aliphatic carbocycles. The lowest BCUT2D eigenvalue weighted by Crippen LogP contribution is -2.21. The number of ether oxygens (including phenoxy) is 1. The zero-order valence-corrected chi connectivity index (χ0v) is 17.1. The van der Waals surface area contributed by atoms with Gasteiger partial charge in [-0.25, -0.2) is 14.8 Å². The minimum Gasteiger partial charge on any atom is -0.462 e. The molecule has 3 aromatic heterocycles. The second-order valence-electron chi connectivity index (χ2n) is 7.03. The van der Waals surface area contributed by atoms with E-state index in [1.807, 2.05) is 5.38 Å².